The monoisotopic (exact) mass is 609 g/mol. The first-order valence-electron chi connectivity index (χ1n) is 15.8. The Labute approximate surface area is 256 Å². The molecule has 3 saturated carbocycles. The second-order valence-corrected chi connectivity index (χ2v) is 14.2. The summed E-state index contributed by atoms with van der Waals surface area (Å²) in [4.78, 5) is 43.9. The van der Waals surface area contributed by atoms with Crippen LogP contribution in [-0.2, 0) is 27.4 Å². The molecule has 230 valence electrons. The molecule has 43 heavy (non-hydrogen) atoms. The molecule has 4 fully saturated rings. The molecule has 2 aromatic rings. The van der Waals surface area contributed by atoms with Crippen LogP contribution in [0.4, 0.5) is 0 Å². The number of halogens is 1. The lowest BCUT2D eigenvalue weighted by Crippen LogP contribution is -2.52. The van der Waals surface area contributed by atoms with Gasteiger partial charge in [-0.05, 0) is 81.9 Å². The number of carboxylic acid groups (broad SMARTS) is 1. The molecule has 2 amide bonds. The second-order valence-electron chi connectivity index (χ2n) is 13.8. The zero-order valence-corrected chi connectivity index (χ0v) is 25.7. The highest BCUT2D eigenvalue weighted by atomic mass is 35.5. The number of ether oxygens (including phenoxy) is 1. The van der Waals surface area contributed by atoms with Gasteiger partial charge in [-0.2, -0.15) is 0 Å². The average Bonchev–Trinajstić information content (AvgIpc) is 3.90. The van der Waals surface area contributed by atoms with Gasteiger partial charge in [-0.15, -0.1) is 10.2 Å². The predicted molar refractivity (Wildman–Crippen MR) is 158 cm³/mol. The number of benzene rings is 1. The van der Waals surface area contributed by atoms with Crippen molar-refractivity contribution >= 4 is 29.4 Å². The molecular weight excluding hydrogens is 570 g/mol. The molecule has 11 heteroatoms. The lowest BCUT2D eigenvalue weighted by atomic mass is 9.66. The number of aromatic nitrogens is 3. The molecule has 0 radical (unpaired) electrons. The largest absolute Gasteiger partial charge is 0.485 e. The van der Waals surface area contributed by atoms with Gasteiger partial charge in [-0.3, -0.25) is 14.4 Å². The first-order chi connectivity index (χ1) is 20.6. The van der Waals surface area contributed by atoms with E-state index in [1.807, 2.05) is 28.9 Å². The Kier molecular flexibility index (Phi) is 6.98. The third-order valence-corrected chi connectivity index (χ3v) is 11.2. The molecule has 0 bridgehead atoms. The van der Waals surface area contributed by atoms with E-state index in [1.54, 1.807) is 6.92 Å². The molecule has 1 saturated heterocycles. The van der Waals surface area contributed by atoms with Crippen molar-refractivity contribution < 1.29 is 24.2 Å². The quantitative estimate of drug-likeness (QED) is 0.453. The van der Waals surface area contributed by atoms with Crippen molar-refractivity contribution in [3.05, 3.63) is 39.9 Å². The fourth-order valence-electron chi connectivity index (χ4n) is 7.88. The molecule has 1 aromatic heterocycles. The third-order valence-electron chi connectivity index (χ3n) is 10.8. The van der Waals surface area contributed by atoms with E-state index in [2.05, 4.69) is 14.8 Å². The van der Waals surface area contributed by atoms with Crippen LogP contribution >= 0.6 is 11.6 Å². The van der Waals surface area contributed by atoms with Crippen LogP contribution < -0.4 is 4.74 Å². The summed E-state index contributed by atoms with van der Waals surface area (Å²) in [6.45, 7) is 5.33. The molecular formula is C32H40ClN5O5. The first kappa shape index (κ1) is 28.6. The van der Waals surface area contributed by atoms with Crippen molar-refractivity contribution in [1.82, 2.24) is 24.6 Å². The van der Waals surface area contributed by atoms with Gasteiger partial charge in [0.2, 0.25) is 11.8 Å². The normalized spacial score (nSPS) is 27.8. The van der Waals surface area contributed by atoms with Crippen molar-refractivity contribution in [2.24, 2.45) is 16.7 Å². The molecule has 3 atom stereocenters. The van der Waals surface area contributed by atoms with Crippen LogP contribution in [0.5, 0.6) is 5.75 Å². The predicted octanol–water partition coefficient (Wildman–Crippen LogP) is 4.87. The van der Waals surface area contributed by atoms with E-state index >= 15 is 0 Å². The number of likely N-dealkylation sites (tertiary alicyclic amines) is 1. The minimum atomic E-state index is -1.12. The topological polar surface area (TPSA) is 118 Å². The Morgan fingerprint density at radius 3 is 2.63 bits per heavy atom. The number of aryl methyl sites for hydroxylation is 1. The lowest BCUT2D eigenvalue weighted by molar-refractivity contribution is -0.162. The van der Waals surface area contributed by atoms with E-state index in [-0.39, 0.29) is 23.8 Å². The van der Waals surface area contributed by atoms with Gasteiger partial charge >= 0.3 is 5.97 Å². The minimum absolute atomic E-state index is 0.0765. The van der Waals surface area contributed by atoms with E-state index in [0.29, 0.717) is 62.1 Å². The number of hydrogen-bond acceptors (Lipinski definition) is 6. The number of amides is 2. The number of fused-ring (bicyclic) bond motifs is 1. The molecule has 1 N–H and O–H groups in total. The van der Waals surface area contributed by atoms with E-state index < -0.39 is 23.3 Å². The summed E-state index contributed by atoms with van der Waals surface area (Å²) in [5, 5.41) is 19.5. The van der Waals surface area contributed by atoms with E-state index in [1.165, 1.54) is 0 Å². The molecule has 7 rings (SSSR count). The zero-order valence-electron chi connectivity index (χ0n) is 25.0. The van der Waals surface area contributed by atoms with Crippen molar-refractivity contribution in [2.45, 2.75) is 96.7 Å². The highest BCUT2D eigenvalue weighted by Crippen LogP contribution is 2.54. The van der Waals surface area contributed by atoms with Gasteiger partial charge < -0.3 is 24.2 Å². The summed E-state index contributed by atoms with van der Waals surface area (Å²) in [6, 6.07) is 3.60. The number of carbonyl (C=O) groups is 3. The Bertz CT molecular complexity index is 1480. The smallest absolute Gasteiger partial charge is 0.310 e. The van der Waals surface area contributed by atoms with Crippen LogP contribution in [0, 0.1) is 23.7 Å². The van der Waals surface area contributed by atoms with Gasteiger partial charge in [0, 0.05) is 42.7 Å². The average molecular weight is 610 g/mol. The third kappa shape index (κ3) is 4.99. The summed E-state index contributed by atoms with van der Waals surface area (Å²) in [6.07, 6.45) is 8.02. The van der Waals surface area contributed by atoms with Crippen molar-refractivity contribution in [2.75, 3.05) is 19.6 Å². The van der Waals surface area contributed by atoms with Crippen LogP contribution in [0.3, 0.4) is 0 Å². The highest BCUT2D eigenvalue weighted by molar-refractivity contribution is 6.31. The van der Waals surface area contributed by atoms with Gasteiger partial charge in [-0.25, -0.2) is 0 Å². The first-order valence-corrected chi connectivity index (χ1v) is 16.1. The van der Waals surface area contributed by atoms with Crippen LogP contribution in [0.1, 0.15) is 99.6 Å². The Balaban J connectivity index is 1.25. The van der Waals surface area contributed by atoms with E-state index in [4.69, 9.17) is 16.3 Å². The summed E-state index contributed by atoms with van der Waals surface area (Å²) < 4.78 is 8.63. The van der Waals surface area contributed by atoms with Crippen molar-refractivity contribution in [3.8, 4) is 5.75 Å². The zero-order chi connectivity index (χ0) is 30.1. The molecule has 1 spiro atoms. The number of nitrogens with zero attached hydrogens (tertiary/aromatic N) is 5. The fourth-order valence-corrected chi connectivity index (χ4v) is 8.13. The Hall–Kier alpha value is -3.14. The highest BCUT2D eigenvalue weighted by Gasteiger charge is 2.54. The van der Waals surface area contributed by atoms with Gasteiger partial charge in [0.25, 0.3) is 0 Å². The van der Waals surface area contributed by atoms with Crippen molar-refractivity contribution in [1.29, 1.82) is 0 Å². The van der Waals surface area contributed by atoms with Crippen LogP contribution in [-0.4, -0.2) is 67.1 Å². The summed E-state index contributed by atoms with van der Waals surface area (Å²) in [5.74, 6) is 0.647. The summed E-state index contributed by atoms with van der Waals surface area (Å²) in [5.41, 5.74) is 0.692. The lowest BCUT2D eigenvalue weighted by Gasteiger charge is -2.45. The van der Waals surface area contributed by atoms with E-state index in [0.717, 1.165) is 61.3 Å². The van der Waals surface area contributed by atoms with Crippen LogP contribution in [0.15, 0.2) is 12.1 Å². The number of carboxylic acids is 1. The van der Waals surface area contributed by atoms with Gasteiger partial charge in [0.1, 0.15) is 18.2 Å². The number of aliphatic carboxylic acids is 1. The molecule has 10 nitrogen and oxygen atoms in total. The number of carbonyl (C=O) groups excluding carboxylic acids is 2. The Morgan fingerprint density at radius 1 is 1.14 bits per heavy atom. The maximum atomic E-state index is 14.5. The van der Waals surface area contributed by atoms with Gasteiger partial charge in [0.05, 0.1) is 17.4 Å². The molecule has 0 unspecified atom stereocenters. The van der Waals surface area contributed by atoms with Gasteiger partial charge in [0.15, 0.2) is 5.82 Å². The maximum absolute atomic E-state index is 14.5. The van der Waals surface area contributed by atoms with Gasteiger partial charge in [-0.1, -0.05) is 24.4 Å². The standard InChI is InChI=1S/C32H40ClN5O5/c1-19-34-35-26(38(19)20-6-7-20)17-43-25-9-8-23(33)21-10-14-37(29(40)22-5-3-4-11-31(22,2)30(41)42)24(28(21)25)16-36-18-32(12-13-32)15-27(36)39/h8-9,20,22,24H,3-7,10-18H2,1-2H3,(H,41,42)/t22-,24+,31-/m0/s1. The van der Waals surface area contributed by atoms with Crippen LogP contribution in [0.25, 0.3) is 0 Å². The molecule has 2 aliphatic heterocycles. The minimum Gasteiger partial charge on any atom is -0.485 e. The number of rotatable bonds is 8. The van der Waals surface area contributed by atoms with E-state index in [9.17, 15) is 19.5 Å². The SMILES string of the molecule is Cc1nnc(COc2ccc(Cl)c3c2[C@@H](CN2CC4(CC4)CC2=O)N(C(=O)[C@@H]2CCCC[C@]2(C)C(=O)O)CC3)n1C1CC1. The fraction of sp³-hybridized carbons (Fsp3) is 0.656. The van der Waals surface area contributed by atoms with Crippen LogP contribution in [0.2, 0.25) is 5.02 Å². The number of hydrogen-bond donors (Lipinski definition) is 1. The molecule has 3 heterocycles. The summed E-state index contributed by atoms with van der Waals surface area (Å²) in [7, 11) is 0. The maximum Gasteiger partial charge on any atom is 0.310 e. The molecule has 5 aliphatic rings. The molecule has 3 aliphatic carbocycles. The van der Waals surface area contributed by atoms with Crippen molar-refractivity contribution in [3.63, 3.8) is 0 Å². The second kappa shape index (κ2) is 10.5. The molecule has 1 aromatic carbocycles. The summed E-state index contributed by atoms with van der Waals surface area (Å²) >= 11 is 6.79. The Morgan fingerprint density at radius 2 is 1.93 bits per heavy atom.